The van der Waals surface area contributed by atoms with Gasteiger partial charge in [0.25, 0.3) is 0 Å². The number of aromatic nitrogens is 1. The van der Waals surface area contributed by atoms with Crippen LogP contribution in [0.5, 0.6) is 0 Å². The van der Waals surface area contributed by atoms with E-state index < -0.39 is 6.10 Å². The lowest BCUT2D eigenvalue weighted by atomic mass is 10.1. The largest absolute Gasteiger partial charge is 0.395 e. The average molecular weight is 403 g/mol. The predicted molar refractivity (Wildman–Crippen MR) is 120 cm³/mol. The van der Waals surface area contributed by atoms with Crippen LogP contribution in [0.2, 0.25) is 0 Å². The Morgan fingerprint density at radius 2 is 1.72 bits per heavy atom. The second kappa shape index (κ2) is 14.6. The van der Waals surface area contributed by atoms with E-state index in [1.807, 2.05) is 62.1 Å². The predicted octanol–water partition coefficient (Wildman–Crippen LogP) is 3.16. The molecule has 6 heteroatoms. The summed E-state index contributed by atoms with van der Waals surface area (Å²) in [5, 5.41) is 18.8. The zero-order valence-electron chi connectivity index (χ0n) is 17.7. The molecule has 3 N–H and O–H groups in total. The molecule has 6 nitrogen and oxygen atoms in total. The van der Waals surface area contributed by atoms with Gasteiger partial charge in [-0.1, -0.05) is 45.1 Å². The first kappa shape index (κ1) is 24.6. The number of aromatic amines is 1. The summed E-state index contributed by atoms with van der Waals surface area (Å²) in [5.74, 6) is 0. The minimum absolute atomic E-state index is 0.0610. The Bertz CT molecular complexity index is 736. The molecular weight excluding hydrogens is 368 g/mol. The lowest BCUT2D eigenvalue weighted by molar-refractivity contribution is 0.0378. The Labute approximate surface area is 173 Å². The Balaban J connectivity index is 0.00000204. The Hall–Kier alpha value is -2.41. The number of pyridine rings is 1. The molecule has 1 aromatic heterocycles. The minimum Gasteiger partial charge on any atom is -0.395 e. The highest BCUT2D eigenvalue weighted by Crippen LogP contribution is 2.16. The molecule has 0 aliphatic heterocycles. The topological polar surface area (TPSA) is 85.8 Å². The summed E-state index contributed by atoms with van der Waals surface area (Å²) in [7, 11) is 0. The second-order valence-electron chi connectivity index (χ2n) is 6.26. The maximum absolute atomic E-state index is 11.1. The smallest absolute Gasteiger partial charge is 0.247 e. The summed E-state index contributed by atoms with van der Waals surface area (Å²) < 4.78 is 5.49. The number of benzene rings is 1. The molecule has 1 aromatic carbocycles. The molecule has 1 heterocycles. The van der Waals surface area contributed by atoms with Crippen LogP contribution in [0.4, 0.5) is 5.69 Å². The van der Waals surface area contributed by atoms with E-state index in [0.29, 0.717) is 32.7 Å². The molecule has 2 rings (SSSR count). The lowest BCUT2D eigenvalue weighted by Crippen LogP contribution is -2.31. The fourth-order valence-corrected chi connectivity index (χ4v) is 2.52. The van der Waals surface area contributed by atoms with E-state index in [0.717, 1.165) is 16.8 Å². The van der Waals surface area contributed by atoms with Crippen LogP contribution in [0, 0.1) is 0 Å². The van der Waals surface area contributed by atoms with Gasteiger partial charge in [0.15, 0.2) is 0 Å². The molecule has 1 unspecified atom stereocenters. The van der Waals surface area contributed by atoms with E-state index in [-0.39, 0.29) is 12.2 Å². The van der Waals surface area contributed by atoms with Gasteiger partial charge < -0.3 is 24.8 Å². The van der Waals surface area contributed by atoms with Gasteiger partial charge in [0.2, 0.25) is 5.56 Å². The van der Waals surface area contributed by atoms with Gasteiger partial charge in [-0.3, -0.25) is 4.79 Å². The molecule has 0 saturated heterocycles. The molecule has 0 radical (unpaired) electrons. The molecule has 1 atom stereocenters. The Morgan fingerprint density at radius 1 is 1.07 bits per heavy atom. The quantitative estimate of drug-likeness (QED) is 0.503. The van der Waals surface area contributed by atoms with Crippen molar-refractivity contribution in [2.75, 3.05) is 37.8 Å². The van der Waals surface area contributed by atoms with Crippen LogP contribution in [0.15, 0.2) is 47.4 Å². The second-order valence-corrected chi connectivity index (χ2v) is 6.26. The Kier molecular flexibility index (Phi) is 12.4. The summed E-state index contributed by atoms with van der Waals surface area (Å²) in [6, 6.07) is 11.3. The van der Waals surface area contributed by atoms with Crippen LogP contribution in [0.3, 0.4) is 0 Å². The molecule has 0 spiro atoms. The number of anilines is 1. The third-order valence-corrected chi connectivity index (χ3v) is 4.19. The molecular formula is C23H34N2O4. The van der Waals surface area contributed by atoms with Gasteiger partial charge in [-0.05, 0) is 35.7 Å². The third-order valence-electron chi connectivity index (χ3n) is 4.19. The highest BCUT2D eigenvalue weighted by atomic mass is 16.5. The molecule has 0 aliphatic rings. The summed E-state index contributed by atoms with van der Waals surface area (Å²) in [4.78, 5) is 15.8. The third kappa shape index (κ3) is 9.56. The highest BCUT2D eigenvalue weighted by molar-refractivity contribution is 5.70. The normalized spacial score (nSPS) is 11.8. The van der Waals surface area contributed by atoms with E-state index in [4.69, 9.17) is 4.74 Å². The van der Waals surface area contributed by atoms with Crippen molar-refractivity contribution in [1.29, 1.82) is 0 Å². The zero-order valence-corrected chi connectivity index (χ0v) is 17.7. The lowest BCUT2D eigenvalue weighted by Gasteiger charge is -2.24. The van der Waals surface area contributed by atoms with Gasteiger partial charge >= 0.3 is 0 Å². The fourth-order valence-electron chi connectivity index (χ4n) is 2.52. The highest BCUT2D eigenvalue weighted by Gasteiger charge is 2.07. The molecule has 0 saturated carbocycles. The molecule has 29 heavy (non-hydrogen) atoms. The maximum atomic E-state index is 11.1. The standard InChI is InChI=1S/C21H28N2O4.C2H6/c1-2-20(25)16-27-14-12-23(11-13-24)19-8-5-17(6-9-19)3-4-18-7-10-21(26)22-15-18;1-2/h3-10,15,20,24-25H,2,11-14,16H2,1H3,(H,22,26);1-2H3/b4-3+;. The van der Waals surface area contributed by atoms with Crippen molar-refractivity contribution in [3.05, 3.63) is 64.1 Å². The molecule has 160 valence electrons. The van der Waals surface area contributed by atoms with Gasteiger partial charge in [-0.2, -0.15) is 0 Å². The number of hydrogen-bond acceptors (Lipinski definition) is 5. The molecule has 0 aliphatic carbocycles. The van der Waals surface area contributed by atoms with Crippen LogP contribution >= 0.6 is 0 Å². The van der Waals surface area contributed by atoms with E-state index in [1.165, 1.54) is 6.07 Å². The van der Waals surface area contributed by atoms with Gasteiger partial charge in [-0.25, -0.2) is 0 Å². The summed E-state index contributed by atoms with van der Waals surface area (Å²) >= 11 is 0. The number of nitrogens with zero attached hydrogens (tertiary/aromatic N) is 1. The number of ether oxygens (including phenoxy) is 1. The van der Waals surface area contributed by atoms with Crippen molar-refractivity contribution in [2.24, 2.45) is 0 Å². The van der Waals surface area contributed by atoms with Gasteiger partial charge in [0, 0.05) is 31.0 Å². The first-order chi connectivity index (χ1) is 14.1. The zero-order chi connectivity index (χ0) is 21.5. The van der Waals surface area contributed by atoms with Crippen molar-refractivity contribution in [1.82, 2.24) is 4.98 Å². The molecule has 2 aromatic rings. The minimum atomic E-state index is -0.426. The van der Waals surface area contributed by atoms with E-state index in [1.54, 1.807) is 12.3 Å². The summed E-state index contributed by atoms with van der Waals surface area (Å²) in [6.45, 7) is 7.96. The molecule has 0 fully saturated rings. The number of aliphatic hydroxyl groups excluding tert-OH is 2. The van der Waals surface area contributed by atoms with Crippen LogP contribution in [-0.4, -0.2) is 54.2 Å². The van der Waals surface area contributed by atoms with Crippen molar-refractivity contribution in [2.45, 2.75) is 33.3 Å². The molecule has 0 bridgehead atoms. The van der Waals surface area contributed by atoms with Gasteiger partial charge in [-0.15, -0.1) is 0 Å². The van der Waals surface area contributed by atoms with Crippen molar-refractivity contribution in [3.8, 4) is 0 Å². The van der Waals surface area contributed by atoms with E-state index in [9.17, 15) is 15.0 Å². The maximum Gasteiger partial charge on any atom is 0.247 e. The molecule has 0 amide bonds. The SMILES string of the molecule is CC.CCC(O)COCCN(CCO)c1ccc(/C=C/c2ccc(=O)[nH]c2)cc1. The van der Waals surface area contributed by atoms with Crippen LogP contribution in [-0.2, 0) is 4.74 Å². The number of nitrogens with one attached hydrogen (secondary N) is 1. The van der Waals surface area contributed by atoms with Crippen molar-refractivity contribution >= 4 is 17.8 Å². The first-order valence-electron chi connectivity index (χ1n) is 10.2. The monoisotopic (exact) mass is 402 g/mol. The number of rotatable bonds is 11. The first-order valence-corrected chi connectivity index (χ1v) is 10.2. The number of aliphatic hydroxyl groups is 2. The van der Waals surface area contributed by atoms with Crippen molar-refractivity contribution < 1.29 is 14.9 Å². The van der Waals surface area contributed by atoms with Gasteiger partial charge in [0.1, 0.15) is 0 Å². The number of H-pyrrole nitrogens is 1. The average Bonchev–Trinajstić information content (AvgIpc) is 2.77. The van der Waals surface area contributed by atoms with E-state index in [2.05, 4.69) is 4.98 Å². The Morgan fingerprint density at radius 3 is 2.31 bits per heavy atom. The number of hydrogen-bond donors (Lipinski definition) is 3. The van der Waals surface area contributed by atoms with E-state index >= 15 is 0 Å². The van der Waals surface area contributed by atoms with Crippen molar-refractivity contribution in [3.63, 3.8) is 0 Å². The van der Waals surface area contributed by atoms with Crippen LogP contribution in [0.1, 0.15) is 38.3 Å². The van der Waals surface area contributed by atoms with Gasteiger partial charge in [0.05, 0.1) is 25.9 Å². The van der Waals surface area contributed by atoms with Crippen LogP contribution in [0.25, 0.3) is 12.2 Å². The van der Waals surface area contributed by atoms with Crippen LogP contribution < -0.4 is 10.5 Å². The summed E-state index contributed by atoms with van der Waals surface area (Å²) in [6.07, 6.45) is 5.83. The summed E-state index contributed by atoms with van der Waals surface area (Å²) in [5.41, 5.74) is 2.85. The fraction of sp³-hybridized carbons (Fsp3) is 0.435.